The summed E-state index contributed by atoms with van der Waals surface area (Å²) in [5.74, 6) is -1.41. The minimum Gasteiger partial charge on any atom is -0.479 e. The Morgan fingerprint density at radius 1 is 1.39 bits per heavy atom. The lowest BCUT2D eigenvalue weighted by molar-refractivity contribution is -0.138. The van der Waals surface area contributed by atoms with Crippen LogP contribution in [0.1, 0.15) is 27.9 Å². The third-order valence-electron chi connectivity index (χ3n) is 3.10. The molecule has 0 amide bonds. The van der Waals surface area contributed by atoms with Gasteiger partial charge in [-0.1, -0.05) is 27.5 Å². The minimum atomic E-state index is -1.20. The van der Waals surface area contributed by atoms with Gasteiger partial charge in [-0.15, -0.1) is 0 Å². The van der Waals surface area contributed by atoms with E-state index in [0.717, 1.165) is 4.47 Å². The van der Waals surface area contributed by atoms with E-state index in [-0.39, 0.29) is 17.1 Å². The van der Waals surface area contributed by atoms with Crippen LogP contribution in [0.25, 0.3) is 0 Å². The lowest BCUT2D eigenvalue weighted by atomic mass is 10.1. The molecule has 0 aliphatic carbocycles. The molecule has 1 aromatic carbocycles. The molecule has 0 aliphatic heterocycles. The van der Waals surface area contributed by atoms with Gasteiger partial charge in [0.2, 0.25) is 0 Å². The second kappa shape index (κ2) is 7.06. The highest BCUT2D eigenvalue weighted by Crippen LogP contribution is 2.30. The SMILES string of the molecule is COC(=O)c1cc(C(Nc2ccc(Br)cc2Cl)C(=O)O)oc1C. The molecule has 2 rings (SSSR count). The van der Waals surface area contributed by atoms with Crippen molar-refractivity contribution in [1.29, 1.82) is 0 Å². The Morgan fingerprint density at radius 3 is 2.65 bits per heavy atom. The fourth-order valence-electron chi connectivity index (χ4n) is 1.98. The molecular weight excluding hydrogens is 390 g/mol. The largest absolute Gasteiger partial charge is 0.479 e. The predicted octanol–water partition coefficient (Wildman–Crippen LogP) is 4.03. The number of benzene rings is 1. The molecule has 2 N–H and O–H groups in total. The monoisotopic (exact) mass is 401 g/mol. The molecule has 1 atom stereocenters. The van der Waals surface area contributed by atoms with Gasteiger partial charge in [0.25, 0.3) is 0 Å². The van der Waals surface area contributed by atoms with Gasteiger partial charge in [-0.25, -0.2) is 9.59 Å². The molecule has 8 heteroatoms. The quantitative estimate of drug-likeness (QED) is 0.734. The molecule has 6 nitrogen and oxygen atoms in total. The number of nitrogens with one attached hydrogen (secondary N) is 1. The van der Waals surface area contributed by atoms with Crippen LogP contribution in [0, 0.1) is 6.92 Å². The Labute approximate surface area is 145 Å². The van der Waals surface area contributed by atoms with Crippen LogP contribution < -0.4 is 5.32 Å². The van der Waals surface area contributed by atoms with Gasteiger partial charge in [0.05, 0.1) is 17.8 Å². The Bertz CT molecular complexity index is 758. The van der Waals surface area contributed by atoms with Crippen molar-refractivity contribution < 1.29 is 23.8 Å². The lowest BCUT2D eigenvalue weighted by Crippen LogP contribution is -2.20. The zero-order chi connectivity index (χ0) is 17.1. The van der Waals surface area contributed by atoms with Crippen LogP contribution in [0.5, 0.6) is 0 Å². The van der Waals surface area contributed by atoms with Gasteiger partial charge in [0.15, 0.2) is 6.04 Å². The first-order valence-corrected chi connectivity index (χ1v) is 7.63. The molecule has 23 heavy (non-hydrogen) atoms. The molecule has 0 radical (unpaired) electrons. The van der Waals surface area contributed by atoms with Gasteiger partial charge < -0.3 is 19.6 Å². The molecule has 0 fully saturated rings. The van der Waals surface area contributed by atoms with E-state index in [1.165, 1.54) is 13.2 Å². The lowest BCUT2D eigenvalue weighted by Gasteiger charge is -2.14. The number of carbonyl (C=O) groups is 2. The van der Waals surface area contributed by atoms with E-state index in [4.69, 9.17) is 16.0 Å². The number of ether oxygens (including phenoxy) is 1. The van der Waals surface area contributed by atoms with E-state index in [1.54, 1.807) is 25.1 Å². The fourth-order valence-corrected chi connectivity index (χ4v) is 2.70. The summed E-state index contributed by atoms with van der Waals surface area (Å²) in [5.41, 5.74) is 0.605. The zero-order valence-corrected chi connectivity index (χ0v) is 14.6. The summed E-state index contributed by atoms with van der Waals surface area (Å²) in [5, 5.41) is 12.6. The van der Waals surface area contributed by atoms with Crippen LogP contribution in [0.2, 0.25) is 5.02 Å². The second-order valence-corrected chi connectivity index (χ2v) is 5.97. The van der Waals surface area contributed by atoms with E-state index >= 15 is 0 Å². The van der Waals surface area contributed by atoms with Gasteiger partial charge in [0, 0.05) is 4.47 Å². The number of carboxylic acids is 1. The van der Waals surface area contributed by atoms with Crippen molar-refractivity contribution in [3.63, 3.8) is 0 Å². The van der Waals surface area contributed by atoms with Crippen molar-refractivity contribution in [1.82, 2.24) is 0 Å². The van der Waals surface area contributed by atoms with Crippen molar-refractivity contribution in [2.75, 3.05) is 12.4 Å². The first kappa shape index (κ1) is 17.4. The first-order valence-electron chi connectivity index (χ1n) is 6.46. The number of methoxy groups -OCH3 is 1. The maximum absolute atomic E-state index is 11.6. The maximum Gasteiger partial charge on any atom is 0.341 e. The van der Waals surface area contributed by atoms with Crippen molar-refractivity contribution in [2.24, 2.45) is 0 Å². The highest BCUT2D eigenvalue weighted by atomic mass is 79.9. The highest BCUT2D eigenvalue weighted by molar-refractivity contribution is 9.10. The summed E-state index contributed by atoms with van der Waals surface area (Å²) in [7, 11) is 1.24. The highest BCUT2D eigenvalue weighted by Gasteiger charge is 2.27. The normalized spacial score (nSPS) is 11.8. The molecule has 1 aromatic heterocycles. The summed E-state index contributed by atoms with van der Waals surface area (Å²) < 4.78 is 10.8. The number of carboxylic acid groups (broad SMARTS) is 1. The number of anilines is 1. The second-order valence-electron chi connectivity index (χ2n) is 4.65. The Hall–Kier alpha value is -1.99. The average molecular weight is 403 g/mol. The maximum atomic E-state index is 11.6. The van der Waals surface area contributed by atoms with Gasteiger partial charge in [0.1, 0.15) is 17.1 Å². The van der Waals surface area contributed by atoms with Crippen LogP contribution in [-0.2, 0) is 9.53 Å². The van der Waals surface area contributed by atoms with Gasteiger partial charge in [-0.05, 0) is 31.2 Å². The van der Waals surface area contributed by atoms with Crippen LogP contribution in [0.15, 0.2) is 33.2 Å². The molecule has 0 aliphatic rings. The number of rotatable bonds is 5. The molecule has 0 bridgehead atoms. The topological polar surface area (TPSA) is 88.8 Å². The average Bonchev–Trinajstić information content (AvgIpc) is 2.86. The molecule has 0 saturated heterocycles. The molecule has 1 heterocycles. The van der Waals surface area contributed by atoms with Crippen molar-refractivity contribution in [3.05, 3.63) is 50.8 Å². The van der Waals surface area contributed by atoms with E-state index < -0.39 is 18.0 Å². The number of carbonyl (C=O) groups excluding carboxylic acids is 1. The Kier molecular flexibility index (Phi) is 5.33. The van der Waals surface area contributed by atoms with Crippen molar-refractivity contribution in [2.45, 2.75) is 13.0 Å². The van der Waals surface area contributed by atoms with Gasteiger partial charge >= 0.3 is 11.9 Å². The van der Waals surface area contributed by atoms with E-state index in [1.807, 2.05) is 0 Å². The van der Waals surface area contributed by atoms with E-state index in [9.17, 15) is 14.7 Å². The zero-order valence-electron chi connectivity index (χ0n) is 12.2. The van der Waals surface area contributed by atoms with Crippen LogP contribution in [0.4, 0.5) is 5.69 Å². The predicted molar refractivity (Wildman–Crippen MR) is 87.9 cm³/mol. The molecule has 0 spiro atoms. The van der Waals surface area contributed by atoms with Gasteiger partial charge in [-0.3, -0.25) is 0 Å². The van der Waals surface area contributed by atoms with Crippen LogP contribution >= 0.6 is 27.5 Å². The third kappa shape index (κ3) is 3.86. The number of aliphatic carboxylic acids is 1. The first-order chi connectivity index (χ1) is 10.8. The number of aryl methyl sites for hydroxylation is 1. The fraction of sp³-hybridized carbons (Fsp3) is 0.200. The summed E-state index contributed by atoms with van der Waals surface area (Å²) in [4.78, 5) is 23.2. The minimum absolute atomic E-state index is 0.0781. The standard InChI is InChI=1S/C15H13BrClNO5/c1-7-9(15(21)22-2)6-12(23-7)13(14(19)20)18-11-4-3-8(16)5-10(11)17/h3-6,13,18H,1-2H3,(H,19,20). The molecule has 1 unspecified atom stereocenters. The number of halogens is 2. The van der Waals surface area contributed by atoms with Crippen molar-refractivity contribution >= 4 is 45.2 Å². The summed E-state index contributed by atoms with van der Waals surface area (Å²) >= 11 is 9.36. The third-order valence-corrected chi connectivity index (χ3v) is 3.91. The van der Waals surface area contributed by atoms with Crippen LogP contribution in [-0.4, -0.2) is 24.2 Å². The van der Waals surface area contributed by atoms with E-state index in [2.05, 4.69) is 26.0 Å². The number of hydrogen-bond acceptors (Lipinski definition) is 5. The Morgan fingerprint density at radius 2 is 2.09 bits per heavy atom. The summed E-state index contributed by atoms with van der Waals surface area (Å²) in [6, 6.07) is 5.14. The number of furan rings is 1. The van der Waals surface area contributed by atoms with Gasteiger partial charge in [-0.2, -0.15) is 0 Å². The molecule has 122 valence electrons. The van der Waals surface area contributed by atoms with E-state index in [0.29, 0.717) is 10.7 Å². The number of hydrogen-bond donors (Lipinski definition) is 2. The molecular formula is C15H13BrClNO5. The molecule has 0 saturated carbocycles. The van der Waals surface area contributed by atoms with Crippen molar-refractivity contribution in [3.8, 4) is 0 Å². The Balaban J connectivity index is 2.36. The number of esters is 1. The summed E-state index contributed by atoms with van der Waals surface area (Å²) in [6.07, 6.45) is 0. The van der Waals surface area contributed by atoms with Crippen LogP contribution in [0.3, 0.4) is 0 Å². The summed E-state index contributed by atoms with van der Waals surface area (Å²) in [6.45, 7) is 1.56. The molecule has 2 aromatic rings. The smallest absolute Gasteiger partial charge is 0.341 e.